The number of hydrogen-bond acceptors (Lipinski definition) is 4. The van der Waals surface area contributed by atoms with Crippen LogP contribution in [0.2, 0.25) is 0 Å². The van der Waals surface area contributed by atoms with Gasteiger partial charge in [-0.2, -0.15) is 0 Å². The third-order valence-corrected chi connectivity index (χ3v) is 3.15. The van der Waals surface area contributed by atoms with Crippen LogP contribution in [0.4, 0.5) is 0 Å². The number of methoxy groups -OCH3 is 1. The first-order valence-corrected chi connectivity index (χ1v) is 6.20. The van der Waals surface area contributed by atoms with E-state index >= 15 is 0 Å². The molecule has 0 aliphatic heterocycles. The lowest BCUT2D eigenvalue weighted by atomic mass is 10.2. The lowest BCUT2D eigenvalue weighted by Gasteiger charge is -2.16. The Morgan fingerprint density at radius 1 is 1.33 bits per heavy atom. The fourth-order valence-electron chi connectivity index (χ4n) is 2.22. The molecule has 96 valence electrons. The van der Waals surface area contributed by atoms with Crippen LogP contribution < -0.4 is 9.47 Å². The molecule has 0 radical (unpaired) electrons. The highest BCUT2D eigenvalue weighted by molar-refractivity contribution is 5.43. The summed E-state index contributed by atoms with van der Waals surface area (Å²) in [4.78, 5) is 13.6. The van der Waals surface area contributed by atoms with Gasteiger partial charge in [0, 0.05) is 0 Å². The van der Waals surface area contributed by atoms with Crippen molar-refractivity contribution in [3.05, 3.63) is 23.8 Å². The molecule has 0 atom stereocenters. The van der Waals surface area contributed by atoms with Crippen molar-refractivity contribution in [2.75, 3.05) is 7.11 Å². The van der Waals surface area contributed by atoms with Gasteiger partial charge in [-0.1, -0.05) is 6.07 Å². The van der Waals surface area contributed by atoms with Crippen molar-refractivity contribution in [1.82, 2.24) is 0 Å². The Balaban J connectivity index is 2.11. The van der Waals surface area contributed by atoms with Crippen molar-refractivity contribution in [2.24, 2.45) is 4.99 Å². The maximum atomic E-state index is 10.1. The van der Waals surface area contributed by atoms with E-state index < -0.39 is 0 Å². The normalized spacial score (nSPS) is 15.2. The summed E-state index contributed by atoms with van der Waals surface area (Å²) in [6.07, 6.45) is 6.53. The van der Waals surface area contributed by atoms with Gasteiger partial charge in [-0.15, -0.1) is 0 Å². The molecule has 0 unspecified atom stereocenters. The molecule has 1 fully saturated rings. The summed E-state index contributed by atoms with van der Waals surface area (Å²) in [5.74, 6) is 1.46. The lowest BCUT2D eigenvalue weighted by Crippen LogP contribution is -2.11. The van der Waals surface area contributed by atoms with Gasteiger partial charge in [0.05, 0.1) is 19.8 Å². The first-order chi connectivity index (χ1) is 8.83. The fraction of sp³-hybridized carbons (Fsp3) is 0.500. The summed E-state index contributed by atoms with van der Waals surface area (Å²) < 4.78 is 11.2. The molecular formula is C14H17NO3. The summed E-state index contributed by atoms with van der Waals surface area (Å²) in [5, 5.41) is 0. The molecule has 1 aliphatic rings. The Kier molecular flexibility index (Phi) is 4.37. The highest BCUT2D eigenvalue weighted by atomic mass is 16.5. The molecule has 0 spiro atoms. The van der Waals surface area contributed by atoms with E-state index in [1.165, 1.54) is 18.9 Å². The largest absolute Gasteiger partial charge is 0.493 e. The fourth-order valence-corrected chi connectivity index (χ4v) is 2.22. The van der Waals surface area contributed by atoms with Gasteiger partial charge in [-0.05, 0) is 43.4 Å². The molecule has 0 bridgehead atoms. The number of benzene rings is 1. The second-order valence-electron chi connectivity index (χ2n) is 4.42. The van der Waals surface area contributed by atoms with Crippen LogP contribution >= 0.6 is 0 Å². The van der Waals surface area contributed by atoms with Crippen LogP contribution in [0.3, 0.4) is 0 Å². The van der Waals surface area contributed by atoms with Crippen molar-refractivity contribution in [2.45, 2.75) is 38.3 Å². The van der Waals surface area contributed by atoms with Crippen molar-refractivity contribution in [1.29, 1.82) is 0 Å². The first-order valence-electron chi connectivity index (χ1n) is 6.20. The highest BCUT2D eigenvalue weighted by Gasteiger charge is 2.18. The number of aliphatic imine (C=N–C) groups is 1. The summed E-state index contributed by atoms with van der Waals surface area (Å²) in [5.41, 5.74) is 0.911. The Morgan fingerprint density at radius 2 is 2.11 bits per heavy atom. The van der Waals surface area contributed by atoms with Crippen LogP contribution in [0, 0.1) is 0 Å². The van der Waals surface area contributed by atoms with Gasteiger partial charge < -0.3 is 9.47 Å². The summed E-state index contributed by atoms with van der Waals surface area (Å²) in [6, 6.07) is 5.63. The molecule has 1 aromatic rings. The van der Waals surface area contributed by atoms with Gasteiger partial charge in [-0.3, -0.25) is 0 Å². The van der Waals surface area contributed by atoms with Gasteiger partial charge >= 0.3 is 0 Å². The predicted molar refractivity (Wildman–Crippen MR) is 67.7 cm³/mol. The SMILES string of the molecule is COc1cc(CN=C=O)ccc1OC1CCCC1. The molecule has 1 aromatic carbocycles. The second-order valence-corrected chi connectivity index (χ2v) is 4.42. The lowest BCUT2D eigenvalue weighted by molar-refractivity contribution is 0.200. The monoisotopic (exact) mass is 247 g/mol. The zero-order valence-electron chi connectivity index (χ0n) is 10.5. The average molecular weight is 247 g/mol. The quantitative estimate of drug-likeness (QED) is 0.593. The molecule has 0 saturated heterocycles. The number of ether oxygens (including phenoxy) is 2. The van der Waals surface area contributed by atoms with E-state index in [0.717, 1.165) is 24.2 Å². The van der Waals surface area contributed by atoms with E-state index in [9.17, 15) is 4.79 Å². The van der Waals surface area contributed by atoms with E-state index in [2.05, 4.69) is 4.99 Å². The first kappa shape index (κ1) is 12.7. The van der Waals surface area contributed by atoms with Gasteiger partial charge in [0.2, 0.25) is 6.08 Å². The molecule has 1 aliphatic carbocycles. The van der Waals surface area contributed by atoms with Gasteiger partial charge in [-0.25, -0.2) is 9.79 Å². The predicted octanol–water partition coefficient (Wildman–Crippen LogP) is 2.85. The number of nitrogens with zero attached hydrogens (tertiary/aromatic N) is 1. The van der Waals surface area contributed by atoms with Crippen molar-refractivity contribution in [3.8, 4) is 11.5 Å². The minimum atomic E-state index is 0.303. The Labute approximate surface area is 107 Å². The zero-order valence-corrected chi connectivity index (χ0v) is 10.5. The van der Waals surface area contributed by atoms with Crippen LogP contribution in [-0.2, 0) is 11.3 Å². The Morgan fingerprint density at radius 3 is 2.78 bits per heavy atom. The topological polar surface area (TPSA) is 47.9 Å². The van der Waals surface area contributed by atoms with Crippen LogP contribution in [0.15, 0.2) is 23.2 Å². The van der Waals surface area contributed by atoms with Crippen LogP contribution in [0.25, 0.3) is 0 Å². The molecule has 18 heavy (non-hydrogen) atoms. The average Bonchev–Trinajstić information content (AvgIpc) is 2.90. The molecule has 2 rings (SSSR count). The van der Waals surface area contributed by atoms with Gasteiger partial charge in [0.1, 0.15) is 0 Å². The van der Waals surface area contributed by atoms with Gasteiger partial charge in [0.25, 0.3) is 0 Å². The molecule has 0 amide bonds. The molecule has 0 aromatic heterocycles. The summed E-state index contributed by atoms with van der Waals surface area (Å²) in [7, 11) is 1.61. The number of rotatable bonds is 5. The third kappa shape index (κ3) is 3.11. The standard InChI is InChI=1S/C14H17NO3/c1-17-14-8-11(9-15-10-16)6-7-13(14)18-12-4-2-3-5-12/h6-8,12H,2-5,9H2,1H3. The third-order valence-electron chi connectivity index (χ3n) is 3.15. The molecule has 1 saturated carbocycles. The highest BCUT2D eigenvalue weighted by Crippen LogP contribution is 2.32. The number of carbonyl (C=O) groups excluding carboxylic acids is 1. The van der Waals surface area contributed by atoms with E-state index in [1.54, 1.807) is 7.11 Å². The summed E-state index contributed by atoms with van der Waals surface area (Å²) in [6.45, 7) is 0.323. The maximum absolute atomic E-state index is 10.1. The molecule has 0 heterocycles. The van der Waals surface area contributed by atoms with Crippen molar-refractivity contribution in [3.63, 3.8) is 0 Å². The van der Waals surface area contributed by atoms with E-state index in [-0.39, 0.29) is 0 Å². The minimum Gasteiger partial charge on any atom is -0.493 e. The molecule has 4 heteroatoms. The number of hydrogen-bond donors (Lipinski definition) is 0. The smallest absolute Gasteiger partial charge is 0.235 e. The van der Waals surface area contributed by atoms with Crippen molar-refractivity contribution >= 4 is 6.08 Å². The van der Waals surface area contributed by atoms with Crippen LogP contribution in [-0.4, -0.2) is 19.3 Å². The summed E-state index contributed by atoms with van der Waals surface area (Å²) >= 11 is 0. The molecule has 0 N–H and O–H groups in total. The molecule has 4 nitrogen and oxygen atoms in total. The van der Waals surface area contributed by atoms with E-state index in [1.807, 2.05) is 18.2 Å². The number of isocyanates is 1. The minimum absolute atomic E-state index is 0.303. The maximum Gasteiger partial charge on any atom is 0.235 e. The van der Waals surface area contributed by atoms with E-state index in [4.69, 9.17) is 9.47 Å². The Hall–Kier alpha value is -1.80. The molecular weight excluding hydrogens is 230 g/mol. The van der Waals surface area contributed by atoms with Crippen LogP contribution in [0.1, 0.15) is 31.2 Å². The van der Waals surface area contributed by atoms with Crippen LogP contribution in [0.5, 0.6) is 11.5 Å². The van der Waals surface area contributed by atoms with Crippen molar-refractivity contribution < 1.29 is 14.3 Å². The Bertz CT molecular complexity index is 446. The second kappa shape index (κ2) is 6.22. The van der Waals surface area contributed by atoms with E-state index in [0.29, 0.717) is 18.4 Å². The van der Waals surface area contributed by atoms with Gasteiger partial charge in [0.15, 0.2) is 11.5 Å². The zero-order chi connectivity index (χ0) is 12.8.